The number of nitrogens with zero attached hydrogens (tertiary/aromatic N) is 3. The van der Waals surface area contributed by atoms with Gasteiger partial charge in [0.1, 0.15) is 0 Å². The summed E-state index contributed by atoms with van der Waals surface area (Å²) in [4.78, 5) is 14.7. The minimum atomic E-state index is 0.0768. The van der Waals surface area contributed by atoms with Gasteiger partial charge in [-0.2, -0.15) is 0 Å². The van der Waals surface area contributed by atoms with Crippen molar-refractivity contribution in [3.63, 3.8) is 0 Å². The summed E-state index contributed by atoms with van der Waals surface area (Å²) in [6, 6.07) is 53.5. The minimum Gasteiger partial charge on any atom is -0.208 e. The molecular formula is C52H43N3. The molecule has 1 saturated carbocycles. The van der Waals surface area contributed by atoms with E-state index in [0.29, 0.717) is 17.5 Å². The first kappa shape index (κ1) is 34.3. The van der Waals surface area contributed by atoms with Gasteiger partial charge in [0.25, 0.3) is 0 Å². The van der Waals surface area contributed by atoms with Gasteiger partial charge in [-0.1, -0.05) is 190 Å². The predicted molar refractivity (Wildman–Crippen MR) is 229 cm³/mol. The average Bonchev–Trinajstić information content (AvgIpc) is 3.53. The van der Waals surface area contributed by atoms with Crippen molar-refractivity contribution < 1.29 is 0 Å². The lowest BCUT2D eigenvalue weighted by Gasteiger charge is -2.37. The molecule has 0 bridgehead atoms. The van der Waals surface area contributed by atoms with Crippen LogP contribution in [0.2, 0.25) is 0 Å². The maximum absolute atomic E-state index is 4.91. The van der Waals surface area contributed by atoms with Crippen LogP contribution in [0.15, 0.2) is 176 Å². The summed E-state index contributed by atoms with van der Waals surface area (Å²) in [5.74, 6) is 1.97. The van der Waals surface area contributed by atoms with Crippen molar-refractivity contribution in [1.82, 2.24) is 15.0 Å². The quantitative estimate of drug-likeness (QED) is 0.147. The summed E-state index contributed by atoms with van der Waals surface area (Å²) in [7, 11) is 0. The number of fused-ring (bicyclic) bond motifs is 5. The van der Waals surface area contributed by atoms with Gasteiger partial charge in [0.2, 0.25) is 0 Å². The largest absolute Gasteiger partial charge is 0.208 e. The van der Waals surface area contributed by atoms with Crippen molar-refractivity contribution in [2.45, 2.75) is 44.4 Å². The molecule has 0 aliphatic heterocycles. The molecule has 9 rings (SSSR count). The second-order valence-corrected chi connectivity index (χ2v) is 14.7. The topological polar surface area (TPSA) is 38.7 Å². The highest BCUT2D eigenvalue weighted by Gasteiger charge is 2.45. The summed E-state index contributed by atoms with van der Waals surface area (Å²) in [6.07, 6.45) is 12.9. The van der Waals surface area contributed by atoms with E-state index < -0.39 is 0 Å². The van der Waals surface area contributed by atoms with Gasteiger partial charge in [-0.3, -0.25) is 0 Å². The third-order valence-corrected chi connectivity index (χ3v) is 11.4. The standard InChI is InChI=1S/C52H43N3/c1-3-16-43(35-36(2)44-22-15-23-46-45-21-11-12-24-47(45)52(48(44)46)33-13-6-14-34-52)39-27-25-37(26-28-39)38-29-31-42(32-30-38)51-54-49(40-17-7-4-8-18-40)53-50(55-51)41-19-9-5-10-20-41/h3-5,7-12,15-32,35H,2,6,13-14,33-34H2,1H3/b16-3-,43-35+. The molecule has 2 aliphatic rings. The number of hydrogen-bond acceptors (Lipinski definition) is 3. The molecule has 1 fully saturated rings. The zero-order valence-electron chi connectivity index (χ0n) is 31.3. The van der Waals surface area contributed by atoms with E-state index in [1.54, 1.807) is 0 Å². The molecule has 0 radical (unpaired) electrons. The van der Waals surface area contributed by atoms with Crippen LogP contribution in [0.5, 0.6) is 0 Å². The Morgan fingerprint density at radius 2 is 1.04 bits per heavy atom. The summed E-state index contributed by atoms with van der Waals surface area (Å²) in [5, 5.41) is 0. The number of benzene rings is 6. The number of hydrogen-bond donors (Lipinski definition) is 0. The third-order valence-electron chi connectivity index (χ3n) is 11.4. The lowest BCUT2D eigenvalue weighted by Crippen LogP contribution is -2.29. The van der Waals surface area contributed by atoms with Gasteiger partial charge in [-0.15, -0.1) is 0 Å². The summed E-state index contributed by atoms with van der Waals surface area (Å²) >= 11 is 0. The average molecular weight is 710 g/mol. The second-order valence-electron chi connectivity index (χ2n) is 14.7. The van der Waals surface area contributed by atoms with Crippen LogP contribution in [0.4, 0.5) is 0 Å². The van der Waals surface area contributed by atoms with E-state index in [0.717, 1.165) is 44.5 Å². The fourth-order valence-electron chi connectivity index (χ4n) is 8.78. The van der Waals surface area contributed by atoms with Crippen LogP contribution in [0, 0.1) is 0 Å². The molecule has 3 heteroatoms. The van der Waals surface area contributed by atoms with Gasteiger partial charge in [-0.05, 0) is 81.5 Å². The highest BCUT2D eigenvalue weighted by atomic mass is 15.0. The Labute approximate surface area is 324 Å². The molecular weight excluding hydrogens is 667 g/mol. The van der Waals surface area contributed by atoms with Gasteiger partial charge < -0.3 is 0 Å². The lowest BCUT2D eigenvalue weighted by molar-refractivity contribution is 0.352. The molecule has 0 N–H and O–H groups in total. The number of allylic oxidation sites excluding steroid dienone is 5. The minimum absolute atomic E-state index is 0.0768. The molecule has 0 amide bonds. The van der Waals surface area contributed by atoms with E-state index in [1.165, 1.54) is 59.9 Å². The van der Waals surface area contributed by atoms with E-state index in [4.69, 9.17) is 21.5 Å². The molecule has 1 aromatic heterocycles. The van der Waals surface area contributed by atoms with E-state index in [2.05, 4.69) is 116 Å². The molecule has 1 heterocycles. The van der Waals surface area contributed by atoms with Crippen molar-refractivity contribution in [3.8, 4) is 56.4 Å². The Morgan fingerprint density at radius 3 is 1.64 bits per heavy atom. The van der Waals surface area contributed by atoms with Gasteiger partial charge in [-0.25, -0.2) is 15.0 Å². The molecule has 0 saturated heterocycles. The first-order valence-corrected chi connectivity index (χ1v) is 19.5. The Balaban J connectivity index is 1.01. The molecule has 2 aliphatic carbocycles. The fraction of sp³-hybridized carbons (Fsp3) is 0.135. The normalized spacial score (nSPS) is 14.5. The van der Waals surface area contributed by atoms with Crippen LogP contribution in [-0.2, 0) is 5.41 Å². The molecule has 0 atom stereocenters. The highest BCUT2D eigenvalue weighted by molar-refractivity contribution is 5.93. The van der Waals surface area contributed by atoms with Crippen LogP contribution < -0.4 is 0 Å². The van der Waals surface area contributed by atoms with E-state index in [9.17, 15) is 0 Å². The first-order chi connectivity index (χ1) is 27.1. The van der Waals surface area contributed by atoms with Gasteiger partial charge >= 0.3 is 0 Å². The fourth-order valence-corrected chi connectivity index (χ4v) is 8.78. The van der Waals surface area contributed by atoms with E-state index in [-0.39, 0.29) is 5.41 Å². The Hall–Kier alpha value is -6.45. The Kier molecular flexibility index (Phi) is 9.21. The molecule has 6 aromatic carbocycles. The highest BCUT2D eigenvalue weighted by Crippen LogP contribution is 2.57. The zero-order chi connectivity index (χ0) is 37.2. The van der Waals surface area contributed by atoms with Crippen LogP contribution in [0.3, 0.4) is 0 Å². The van der Waals surface area contributed by atoms with Crippen LogP contribution in [0.25, 0.3) is 67.6 Å². The summed E-state index contributed by atoms with van der Waals surface area (Å²) in [6.45, 7) is 6.79. The molecule has 0 unspecified atom stereocenters. The summed E-state index contributed by atoms with van der Waals surface area (Å²) in [5.41, 5.74) is 15.7. The zero-order valence-corrected chi connectivity index (χ0v) is 31.3. The molecule has 1 spiro atoms. The van der Waals surface area contributed by atoms with Crippen molar-refractivity contribution >= 4 is 11.1 Å². The number of rotatable bonds is 8. The molecule has 7 aromatic rings. The van der Waals surface area contributed by atoms with Crippen molar-refractivity contribution in [2.24, 2.45) is 0 Å². The molecule has 3 nitrogen and oxygen atoms in total. The summed E-state index contributed by atoms with van der Waals surface area (Å²) < 4.78 is 0. The Bertz CT molecular complexity index is 2500. The van der Waals surface area contributed by atoms with Crippen molar-refractivity contribution in [1.29, 1.82) is 0 Å². The SMILES string of the molecule is C=C(/C=C(\C=C/C)c1ccc(-c2ccc(-c3nc(-c4ccccc4)nc(-c4ccccc4)n3)cc2)cc1)c1cccc2c1C1(CCCCC1)c1ccccc1-2. The van der Waals surface area contributed by atoms with Crippen LogP contribution >= 0.6 is 0 Å². The molecule has 266 valence electrons. The number of aromatic nitrogens is 3. The maximum Gasteiger partial charge on any atom is 0.164 e. The van der Waals surface area contributed by atoms with Gasteiger partial charge in [0, 0.05) is 22.1 Å². The maximum atomic E-state index is 4.91. The first-order valence-electron chi connectivity index (χ1n) is 19.5. The van der Waals surface area contributed by atoms with Crippen molar-refractivity contribution in [2.75, 3.05) is 0 Å². The Morgan fingerprint density at radius 1 is 0.527 bits per heavy atom. The lowest BCUT2D eigenvalue weighted by atomic mass is 9.66. The van der Waals surface area contributed by atoms with Crippen LogP contribution in [-0.4, -0.2) is 15.0 Å². The van der Waals surface area contributed by atoms with Crippen LogP contribution in [0.1, 0.15) is 61.3 Å². The smallest absolute Gasteiger partial charge is 0.164 e. The van der Waals surface area contributed by atoms with E-state index in [1.807, 2.05) is 60.7 Å². The second kappa shape index (κ2) is 14.8. The molecule has 55 heavy (non-hydrogen) atoms. The monoisotopic (exact) mass is 709 g/mol. The van der Waals surface area contributed by atoms with Gasteiger partial charge in [0.05, 0.1) is 0 Å². The van der Waals surface area contributed by atoms with Crippen molar-refractivity contribution in [3.05, 3.63) is 199 Å². The predicted octanol–water partition coefficient (Wildman–Crippen LogP) is 13.4. The van der Waals surface area contributed by atoms with Gasteiger partial charge in [0.15, 0.2) is 17.5 Å². The van der Waals surface area contributed by atoms with E-state index >= 15 is 0 Å². The third kappa shape index (κ3) is 6.46.